The van der Waals surface area contributed by atoms with Gasteiger partial charge in [0.2, 0.25) is 0 Å². The van der Waals surface area contributed by atoms with Crippen LogP contribution in [0, 0.1) is 0 Å². The highest BCUT2D eigenvalue weighted by atomic mass is 32.2. The number of morpholine rings is 1. The van der Waals surface area contributed by atoms with Gasteiger partial charge in [-0.25, -0.2) is 4.79 Å². The minimum absolute atomic E-state index is 0.208. The number of nitrogens with zero attached hydrogens (tertiary/aromatic N) is 1. The average molecular weight is 314 g/mol. The Kier molecular flexibility index (Phi) is 4.62. The number of carboxylic acids is 1. The van der Waals surface area contributed by atoms with E-state index in [9.17, 15) is 18.3 Å². The number of hydrogen-bond acceptors (Lipinski definition) is 4. The molecule has 0 amide bonds. The molecule has 1 unspecified atom stereocenters. The van der Waals surface area contributed by atoms with Gasteiger partial charge in [0, 0.05) is 13.1 Å². The molecule has 0 radical (unpaired) electrons. The second-order valence-electron chi connectivity index (χ2n) is 4.91. The van der Waals surface area contributed by atoms with Crippen LogP contribution in [-0.4, -0.2) is 50.1 Å². The van der Waals surface area contributed by atoms with Crippen molar-refractivity contribution in [3.05, 3.63) is 35.9 Å². The molecule has 8 heteroatoms. The fourth-order valence-electron chi connectivity index (χ4n) is 2.11. The van der Waals surface area contributed by atoms with Crippen LogP contribution in [0.15, 0.2) is 30.3 Å². The zero-order chi connectivity index (χ0) is 15.5. The number of benzene rings is 1. The van der Waals surface area contributed by atoms with Gasteiger partial charge in [-0.15, -0.1) is 0 Å². The van der Waals surface area contributed by atoms with E-state index in [2.05, 4.69) is 4.72 Å². The lowest BCUT2D eigenvalue weighted by atomic mass is 9.94. The van der Waals surface area contributed by atoms with E-state index in [0.717, 1.165) is 0 Å². The summed E-state index contributed by atoms with van der Waals surface area (Å²) in [5.41, 5.74) is -1.35. The molecule has 1 aromatic rings. The Hall–Kier alpha value is -1.48. The van der Waals surface area contributed by atoms with Gasteiger partial charge in [0.05, 0.1) is 13.2 Å². The molecule has 1 aliphatic rings. The van der Waals surface area contributed by atoms with Gasteiger partial charge in [0.25, 0.3) is 10.2 Å². The van der Waals surface area contributed by atoms with Crippen molar-refractivity contribution in [2.75, 3.05) is 26.3 Å². The highest BCUT2D eigenvalue weighted by Gasteiger charge is 2.41. The van der Waals surface area contributed by atoms with E-state index in [-0.39, 0.29) is 13.1 Å². The minimum atomic E-state index is -3.91. The number of rotatable bonds is 5. The predicted octanol–water partition coefficient (Wildman–Crippen LogP) is 0.153. The van der Waals surface area contributed by atoms with Crippen molar-refractivity contribution < 1.29 is 23.1 Å². The van der Waals surface area contributed by atoms with E-state index < -0.39 is 21.7 Å². The smallest absolute Gasteiger partial charge is 0.329 e. The van der Waals surface area contributed by atoms with Gasteiger partial charge in [-0.1, -0.05) is 30.3 Å². The molecule has 0 spiro atoms. The Morgan fingerprint density at radius 1 is 1.29 bits per heavy atom. The zero-order valence-electron chi connectivity index (χ0n) is 11.7. The maximum absolute atomic E-state index is 12.4. The fraction of sp³-hybridized carbons (Fsp3) is 0.462. The molecule has 116 valence electrons. The first-order valence-electron chi connectivity index (χ1n) is 6.52. The van der Waals surface area contributed by atoms with Crippen LogP contribution in [0.2, 0.25) is 0 Å². The maximum Gasteiger partial charge on any atom is 0.329 e. The Labute approximate surface area is 123 Å². The molecule has 7 nitrogen and oxygen atoms in total. The number of carboxylic acid groups (broad SMARTS) is 1. The average Bonchev–Trinajstić information content (AvgIpc) is 2.48. The van der Waals surface area contributed by atoms with Crippen LogP contribution < -0.4 is 4.72 Å². The maximum atomic E-state index is 12.4. The molecular formula is C13H18N2O5S. The summed E-state index contributed by atoms with van der Waals surface area (Å²) in [7, 11) is -3.91. The number of carbonyl (C=O) groups is 1. The van der Waals surface area contributed by atoms with Crippen molar-refractivity contribution in [2.45, 2.75) is 12.5 Å². The molecule has 2 rings (SSSR count). The van der Waals surface area contributed by atoms with Gasteiger partial charge in [-0.3, -0.25) is 0 Å². The summed E-state index contributed by atoms with van der Waals surface area (Å²) < 4.78 is 33.4. The lowest BCUT2D eigenvalue weighted by Crippen LogP contribution is -2.56. The highest BCUT2D eigenvalue weighted by molar-refractivity contribution is 7.87. The molecule has 0 bridgehead atoms. The topological polar surface area (TPSA) is 95.9 Å². The Morgan fingerprint density at radius 2 is 1.86 bits per heavy atom. The standard InChI is InChI=1S/C13H18N2O5S/c1-13(12(16)17,11-5-3-2-4-6-11)14-21(18,19)15-7-9-20-10-8-15/h2-6,14H,7-10H2,1H3,(H,16,17). The van der Waals surface area contributed by atoms with Crippen LogP contribution in [0.1, 0.15) is 12.5 Å². The molecule has 0 aliphatic carbocycles. The first-order valence-corrected chi connectivity index (χ1v) is 7.96. The van der Waals surface area contributed by atoms with E-state index >= 15 is 0 Å². The van der Waals surface area contributed by atoms with Crippen molar-refractivity contribution in [1.29, 1.82) is 0 Å². The van der Waals surface area contributed by atoms with E-state index in [1.165, 1.54) is 11.2 Å². The fourth-order valence-corrected chi connectivity index (χ4v) is 3.59. The highest BCUT2D eigenvalue weighted by Crippen LogP contribution is 2.23. The lowest BCUT2D eigenvalue weighted by Gasteiger charge is -2.32. The Morgan fingerprint density at radius 3 is 2.38 bits per heavy atom. The first kappa shape index (κ1) is 15.9. The van der Waals surface area contributed by atoms with Crippen molar-refractivity contribution in [2.24, 2.45) is 0 Å². The molecule has 1 heterocycles. The summed E-state index contributed by atoms with van der Waals surface area (Å²) in [6.07, 6.45) is 0. The van der Waals surface area contributed by atoms with Crippen LogP contribution in [0.25, 0.3) is 0 Å². The SMILES string of the molecule is CC(NS(=O)(=O)N1CCOCC1)(C(=O)O)c1ccccc1. The summed E-state index contributed by atoms with van der Waals surface area (Å²) in [6, 6.07) is 8.23. The van der Waals surface area contributed by atoms with Gasteiger partial charge in [-0.05, 0) is 12.5 Å². The Balaban J connectivity index is 2.30. The van der Waals surface area contributed by atoms with Gasteiger partial charge in [0.1, 0.15) is 0 Å². The summed E-state index contributed by atoms with van der Waals surface area (Å²) in [4.78, 5) is 11.6. The summed E-state index contributed by atoms with van der Waals surface area (Å²) in [5, 5.41) is 9.48. The molecule has 1 atom stereocenters. The van der Waals surface area contributed by atoms with E-state index in [1.807, 2.05) is 0 Å². The van der Waals surface area contributed by atoms with Crippen LogP contribution in [0.3, 0.4) is 0 Å². The van der Waals surface area contributed by atoms with Crippen LogP contribution in [0.5, 0.6) is 0 Å². The van der Waals surface area contributed by atoms with Crippen LogP contribution in [0.4, 0.5) is 0 Å². The second kappa shape index (κ2) is 6.10. The molecule has 21 heavy (non-hydrogen) atoms. The van der Waals surface area contributed by atoms with Crippen molar-refractivity contribution >= 4 is 16.2 Å². The minimum Gasteiger partial charge on any atom is -0.480 e. The summed E-state index contributed by atoms with van der Waals surface area (Å²) in [6.45, 7) is 2.36. The molecule has 1 aromatic carbocycles. The molecule has 0 aromatic heterocycles. The molecule has 1 saturated heterocycles. The lowest BCUT2D eigenvalue weighted by molar-refractivity contribution is -0.143. The summed E-state index contributed by atoms with van der Waals surface area (Å²) in [5.74, 6) is -1.26. The largest absolute Gasteiger partial charge is 0.480 e. The number of hydrogen-bond donors (Lipinski definition) is 2. The number of nitrogens with one attached hydrogen (secondary N) is 1. The van der Waals surface area contributed by atoms with Gasteiger partial charge in [0.15, 0.2) is 5.54 Å². The van der Waals surface area contributed by atoms with Crippen LogP contribution >= 0.6 is 0 Å². The quantitative estimate of drug-likeness (QED) is 0.807. The van der Waals surface area contributed by atoms with Gasteiger partial charge < -0.3 is 9.84 Å². The third-order valence-electron chi connectivity index (χ3n) is 3.42. The Bertz CT molecular complexity index is 598. The third-order valence-corrected chi connectivity index (χ3v) is 5.13. The second-order valence-corrected chi connectivity index (χ2v) is 6.59. The monoisotopic (exact) mass is 314 g/mol. The van der Waals surface area contributed by atoms with E-state index in [4.69, 9.17) is 4.74 Å². The molecule has 1 aliphatic heterocycles. The van der Waals surface area contributed by atoms with Crippen molar-refractivity contribution in [3.8, 4) is 0 Å². The zero-order valence-corrected chi connectivity index (χ0v) is 12.5. The number of ether oxygens (including phenoxy) is 1. The van der Waals surface area contributed by atoms with E-state index in [0.29, 0.717) is 18.8 Å². The van der Waals surface area contributed by atoms with Gasteiger partial charge >= 0.3 is 5.97 Å². The normalized spacial score (nSPS) is 19.9. The van der Waals surface area contributed by atoms with Crippen molar-refractivity contribution in [3.63, 3.8) is 0 Å². The molecule has 2 N–H and O–H groups in total. The number of aliphatic carboxylic acids is 1. The third kappa shape index (κ3) is 3.41. The van der Waals surface area contributed by atoms with E-state index in [1.54, 1.807) is 30.3 Å². The van der Waals surface area contributed by atoms with Crippen molar-refractivity contribution in [1.82, 2.24) is 9.03 Å². The van der Waals surface area contributed by atoms with Crippen LogP contribution in [-0.2, 0) is 25.3 Å². The molecule has 0 saturated carbocycles. The first-order chi connectivity index (χ1) is 9.86. The molecular weight excluding hydrogens is 296 g/mol. The molecule has 1 fully saturated rings. The van der Waals surface area contributed by atoms with Gasteiger partial charge in [-0.2, -0.15) is 17.4 Å². The predicted molar refractivity (Wildman–Crippen MR) is 75.9 cm³/mol. The summed E-state index contributed by atoms with van der Waals surface area (Å²) >= 11 is 0.